The zero-order valence-corrected chi connectivity index (χ0v) is 17.8. The van der Waals surface area contributed by atoms with Gasteiger partial charge in [-0.15, -0.1) is 11.8 Å². The van der Waals surface area contributed by atoms with Crippen LogP contribution in [-0.4, -0.2) is 44.1 Å². The van der Waals surface area contributed by atoms with Gasteiger partial charge >= 0.3 is 5.97 Å². The van der Waals surface area contributed by atoms with Gasteiger partial charge in [-0.25, -0.2) is 4.79 Å². The van der Waals surface area contributed by atoms with Crippen molar-refractivity contribution in [1.82, 2.24) is 0 Å². The van der Waals surface area contributed by atoms with E-state index in [0.717, 1.165) is 23.4 Å². The summed E-state index contributed by atoms with van der Waals surface area (Å²) in [5.74, 6) is 7.33. The molecular weight excluding hydrogens is 382 g/mol. The van der Waals surface area contributed by atoms with Crippen LogP contribution in [0.4, 0.5) is 5.69 Å². The highest BCUT2D eigenvalue weighted by Gasteiger charge is 2.20. The number of carbonyl (C=O) groups is 1. The van der Waals surface area contributed by atoms with Gasteiger partial charge in [0, 0.05) is 35.8 Å². The van der Waals surface area contributed by atoms with Gasteiger partial charge in [-0.2, -0.15) is 0 Å². The van der Waals surface area contributed by atoms with Crippen LogP contribution in [0.2, 0.25) is 0 Å². The molecule has 0 aliphatic carbocycles. The molecule has 4 nitrogen and oxygen atoms in total. The molecule has 0 N–H and O–H groups in total. The number of rotatable bonds is 7. The molecule has 1 unspecified atom stereocenters. The molecule has 1 aliphatic rings. The van der Waals surface area contributed by atoms with E-state index in [-0.39, 0.29) is 5.97 Å². The Hall–Kier alpha value is -2.42. The van der Waals surface area contributed by atoms with Crippen LogP contribution < -0.4 is 4.90 Å². The summed E-state index contributed by atoms with van der Waals surface area (Å²) >= 11 is 1.90. The van der Waals surface area contributed by atoms with Crippen LogP contribution in [0.25, 0.3) is 0 Å². The lowest BCUT2D eigenvalue weighted by Gasteiger charge is -2.28. The highest BCUT2D eigenvalue weighted by Crippen LogP contribution is 2.33. The Bertz CT molecular complexity index is 870. The zero-order valence-electron chi connectivity index (χ0n) is 17.0. The fourth-order valence-corrected chi connectivity index (χ4v) is 4.26. The number of hydrogen-bond donors (Lipinski definition) is 0. The molecule has 2 aromatic rings. The Morgan fingerprint density at radius 1 is 1.14 bits per heavy atom. The van der Waals surface area contributed by atoms with E-state index in [9.17, 15) is 4.79 Å². The second kappa shape index (κ2) is 10.9. The molecule has 5 heteroatoms. The van der Waals surface area contributed by atoms with Crippen molar-refractivity contribution in [3.63, 3.8) is 0 Å². The summed E-state index contributed by atoms with van der Waals surface area (Å²) in [5.41, 5.74) is 3.27. The highest BCUT2D eigenvalue weighted by molar-refractivity contribution is 7.99. The minimum absolute atomic E-state index is 0.307. The van der Waals surface area contributed by atoms with E-state index in [2.05, 4.69) is 41.0 Å². The number of hydrogen-bond acceptors (Lipinski definition) is 5. The van der Waals surface area contributed by atoms with Crippen molar-refractivity contribution < 1.29 is 14.3 Å². The molecule has 152 valence electrons. The monoisotopic (exact) mass is 409 g/mol. The summed E-state index contributed by atoms with van der Waals surface area (Å²) in [6.45, 7) is 6.25. The molecule has 0 radical (unpaired) electrons. The van der Waals surface area contributed by atoms with Crippen LogP contribution >= 0.6 is 11.8 Å². The van der Waals surface area contributed by atoms with Gasteiger partial charge in [0.1, 0.15) is 0 Å². The third kappa shape index (κ3) is 6.03. The number of anilines is 1. The van der Waals surface area contributed by atoms with Crippen molar-refractivity contribution in [2.75, 3.05) is 37.0 Å². The largest absolute Gasteiger partial charge is 0.464 e. The van der Waals surface area contributed by atoms with Gasteiger partial charge in [-0.05, 0) is 43.7 Å². The maximum Gasteiger partial charge on any atom is 0.335 e. The van der Waals surface area contributed by atoms with E-state index < -0.39 is 6.10 Å². The van der Waals surface area contributed by atoms with Crippen molar-refractivity contribution in [2.24, 2.45) is 0 Å². The molecule has 2 aromatic carbocycles. The molecule has 0 fully saturated rings. The number of benzene rings is 2. The predicted octanol–water partition coefficient (Wildman–Crippen LogP) is 4.16. The third-order valence-electron chi connectivity index (χ3n) is 4.62. The summed E-state index contributed by atoms with van der Waals surface area (Å²) in [6, 6.07) is 16.5. The van der Waals surface area contributed by atoms with Gasteiger partial charge in [0.25, 0.3) is 0 Å². The lowest BCUT2D eigenvalue weighted by atomic mass is 10.1. The maximum absolute atomic E-state index is 12.0. The van der Waals surface area contributed by atoms with Crippen molar-refractivity contribution in [1.29, 1.82) is 0 Å². The minimum Gasteiger partial charge on any atom is -0.464 e. The number of ether oxygens (including phenoxy) is 2. The van der Waals surface area contributed by atoms with Crippen LogP contribution in [0.3, 0.4) is 0 Å². The van der Waals surface area contributed by atoms with E-state index in [1.807, 2.05) is 43.0 Å². The van der Waals surface area contributed by atoms with Gasteiger partial charge in [0.05, 0.1) is 18.8 Å². The van der Waals surface area contributed by atoms with E-state index in [1.165, 1.54) is 10.6 Å². The van der Waals surface area contributed by atoms with Gasteiger partial charge < -0.3 is 14.4 Å². The first-order valence-electron chi connectivity index (χ1n) is 10.0. The summed E-state index contributed by atoms with van der Waals surface area (Å²) in [5, 5.41) is 0. The van der Waals surface area contributed by atoms with Gasteiger partial charge in [-0.3, -0.25) is 0 Å². The normalized spacial score (nSPS) is 13.8. The Labute approximate surface area is 177 Å². The van der Waals surface area contributed by atoms with Crippen LogP contribution in [0.1, 0.15) is 25.0 Å². The molecule has 29 heavy (non-hydrogen) atoms. The number of thioether (sulfide) groups is 1. The average molecular weight is 410 g/mol. The molecule has 3 rings (SSSR count). The molecule has 0 spiro atoms. The number of para-hydroxylation sites is 1. The van der Waals surface area contributed by atoms with Crippen LogP contribution in [-0.2, 0) is 20.7 Å². The predicted molar refractivity (Wildman–Crippen MR) is 118 cm³/mol. The van der Waals surface area contributed by atoms with Crippen molar-refractivity contribution in [3.8, 4) is 11.8 Å². The van der Waals surface area contributed by atoms with Gasteiger partial charge in [-0.1, -0.05) is 36.1 Å². The third-order valence-corrected chi connectivity index (χ3v) is 5.66. The number of esters is 1. The van der Waals surface area contributed by atoms with Gasteiger partial charge in [0.2, 0.25) is 0 Å². The van der Waals surface area contributed by atoms with Crippen molar-refractivity contribution in [3.05, 3.63) is 59.7 Å². The first kappa shape index (κ1) is 21.3. The van der Waals surface area contributed by atoms with E-state index >= 15 is 0 Å². The standard InChI is InChI=1S/C24H27NO3S/c1-3-27-22(24(26)28-4-2)18-20-13-11-19(12-14-20)8-7-15-25-16-17-29-23-10-6-5-9-21(23)25/h5-6,9-14,22H,3-4,15-18H2,1-2H3. The lowest BCUT2D eigenvalue weighted by molar-refractivity contribution is -0.156. The SMILES string of the molecule is CCOC(=O)C(Cc1ccc(C#CCN2CCSc3ccccc32)cc1)OCC. The zero-order chi connectivity index (χ0) is 20.5. The van der Waals surface area contributed by atoms with E-state index in [0.29, 0.717) is 26.2 Å². The summed E-state index contributed by atoms with van der Waals surface area (Å²) < 4.78 is 10.6. The summed E-state index contributed by atoms with van der Waals surface area (Å²) in [4.78, 5) is 15.7. The van der Waals surface area contributed by atoms with Crippen LogP contribution in [0.15, 0.2) is 53.4 Å². The fourth-order valence-electron chi connectivity index (χ4n) is 3.21. The molecular formula is C24H27NO3S. The molecule has 0 bridgehead atoms. The number of carbonyl (C=O) groups excluding carboxylic acids is 1. The maximum atomic E-state index is 12.0. The van der Waals surface area contributed by atoms with Crippen LogP contribution in [0, 0.1) is 11.8 Å². The van der Waals surface area contributed by atoms with Crippen molar-refractivity contribution in [2.45, 2.75) is 31.3 Å². The molecule has 0 saturated heterocycles. The quantitative estimate of drug-likeness (QED) is 0.507. The van der Waals surface area contributed by atoms with Gasteiger partial charge in [0.15, 0.2) is 6.10 Å². The first-order valence-corrected chi connectivity index (χ1v) is 11.0. The number of fused-ring (bicyclic) bond motifs is 1. The average Bonchev–Trinajstić information content (AvgIpc) is 2.75. The molecule has 1 heterocycles. The molecule has 0 amide bonds. The van der Waals surface area contributed by atoms with Crippen LogP contribution in [0.5, 0.6) is 0 Å². The van der Waals surface area contributed by atoms with E-state index in [1.54, 1.807) is 6.92 Å². The lowest BCUT2D eigenvalue weighted by Crippen LogP contribution is -2.29. The molecule has 1 aliphatic heterocycles. The Kier molecular flexibility index (Phi) is 8.03. The van der Waals surface area contributed by atoms with Crippen molar-refractivity contribution >= 4 is 23.4 Å². The highest BCUT2D eigenvalue weighted by atomic mass is 32.2. The fraction of sp³-hybridized carbons (Fsp3) is 0.375. The topological polar surface area (TPSA) is 38.8 Å². The Morgan fingerprint density at radius 3 is 2.69 bits per heavy atom. The molecule has 0 aromatic heterocycles. The first-order chi connectivity index (χ1) is 14.2. The molecule has 1 atom stereocenters. The second-order valence-electron chi connectivity index (χ2n) is 6.64. The smallest absolute Gasteiger partial charge is 0.335 e. The van der Waals surface area contributed by atoms with E-state index in [4.69, 9.17) is 9.47 Å². The summed E-state index contributed by atoms with van der Waals surface area (Å²) in [6.07, 6.45) is -0.0586. The summed E-state index contributed by atoms with van der Waals surface area (Å²) in [7, 11) is 0. The molecule has 0 saturated carbocycles. The minimum atomic E-state index is -0.561. The Morgan fingerprint density at radius 2 is 1.93 bits per heavy atom. The Balaban J connectivity index is 1.60. The second-order valence-corrected chi connectivity index (χ2v) is 7.77. The number of nitrogens with zero attached hydrogens (tertiary/aromatic N) is 1.